The monoisotopic (exact) mass is 547 g/mol. The lowest BCUT2D eigenvalue weighted by Crippen LogP contribution is -2.66. The molecule has 4 rings (SSSR count). The van der Waals surface area contributed by atoms with Gasteiger partial charge in [0.15, 0.2) is 29.0 Å². The summed E-state index contributed by atoms with van der Waals surface area (Å²) in [6.45, 7) is 1.69. The highest BCUT2D eigenvalue weighted by Gasteiger charge is 2.52. The molecule has 0 aliphatic carbocycles. The van der Waals surface area contributed by atoms with E-state index in [9.17, 15) is 23.5 Å². The molecule has 2 fully saturated rings. The van der Waals surface area contributed by atoms with Crippen LogP contribution in [0.3, 0.4) is 0 Å². The maximum absolute atomic E-state index is 13.7. The van der Waals surface area contributed by atoms with Crippen molar-refractivity contribution in [1.29, 1.82) is 5.26 Å². The molecule has 0 radical (unpaired) electrons. The van der Waals surface area contributed by atoms with E-state index in [1.807, 2.05) is 6.07 Å². The minimum absolute atomic E-state index is 0.0435. The van der Waals surface area contributed by atoms with Crippen molar-refractivity contribution < 1.29 is 27.8 Å². The van der Waals surface area contributed by atoms with E-state index in [4.69, 9.17) is 32.5 Å². The number of amidine groups is 2. The van der Waals surface area contributed by atoms with Crippen LogP contribution in [0.1, 0.15) is 18.2 Å². The van der Waals surface area contributed by atoms with E-state index >= 15 is 0 Å². The molecule has 198 valence electrons. The van der Waals surface area contributed by atoms with Gasteiger partial charge in [0, 0.05) is 24.2 Å². The Bertz CT molecular complexity index is 1380. The van der Waals surface area contributed by atoms with Gasteiger partial charge in [-0.25, -0.2) is 28.1 Å². The Morgan fingerprint density at radius 2 is 2.00 bits per heavy atom. The summed E-state index contributed by atoms with van der Waals surface area (Å²) in [5.74, 6) is -4.39. The van der Waals surface area contributed by atoms with E-state index < -0.39 is 47.9 Å². The van der Waals surface area contributed by atoms with Gasteiger partial charge in [0.1, 0.15) is 42.2 Å². The first kappa shape index (κ1) is 27.2. The predicted molar refractivity (Wildman–Crippen MR) is 134 cm³/mol. The molecule has 0 bridgehead atoms. The summed E-state index contributed by atoms with van der Waals surface area (Å²) in [4.78, 5) is 16.8. The van der Waals surface area contributed by atoms with Gasteiger partial charge in [-0.05, 0) is 30.7 Å². The highest BCUT2D eigenvalue weighted by Crippen LogP contribution is 2.34. The quantitative estimate of drug-likeness (QED) is 0.294. The number of nitriles is 1. The number of allylic oxidation sites excluding steroid dienone is 1. The molecule has 0 spiro atoms. The van der Waals surface area contributed by atoms with Gasteiger partial charge in [-0.1, -0.05) is 11.6 Å². The minimum Gasteiger partial charge on any atom is -0.404 e. The summed E-state index contributed by atoms with van der Waals surface area (Å²) in [5, 5.41) is 20.8. The van der Waals surface area contributed by atoms with Crippen LogP contribution in [0.15, 0.2) is 45.6 Å². The van der Waals surface area contributed by atoms with E-state index in [-0.39, 0.29) is 45.8 Å². The Morgan fingerprint density at radius 3 is 2.58 bits per heavy atom. The molecular formula is C24H21ClF3N7O3. The van der Waals surface area contributed by atoms with Gasteiger partial charge in [0.25, 0.3) is 0 Å². The number of hydrogen-bond acceptors (Lipinski definition) is 8. The molecule has 2 aromatic rings. The van der Waals surface area contributed by atoms with Crippen LogP contribution in [-0.4, -0.2) is 65.0 Å². The van der Waals surface area contributed by atoms with E-state index in [0.717, 1.165) is 18.3 Å². The maximum atomic E-state index is 13.7. The zero-order chi connectivity index (χ0) is 27.6. The van der Waals surface area contributed by atoms with Crippen LogP contribution in [0.25, 0.3) is 5.57 Å². The van der Waals surface area contributed by atoms with Gasteiger partial charge >= 0.3 is 0 Å². The Hall–Kier alpha value is -3.83. The zero-order valence-electron chi connectivity index (χ0n) is 19.7. The number of aliphatic hydroxyl groups excluding tert-OH is 1. The lowest BCUT2D eigenvalue weighted by molar-refractivity contribution is -0.255. The third-order valence-electron chi connectivity index (χ3n) is 5.74. The molecule has 38 heavy (non-hydrogen) atoms. The molecule has 5 N–H and O–H groups in total. The summed E-state index contributed by atoms with van der Waals surface area (Å²) in [7, 11) is 0. The van der Waals surface area contributed by atoms with E-state index in [2.05, 4.69) is 20.0 Å². The Morgan fingerprint density at radius 1 is 1.29 bits per heavy atom. The summed E-state index contributed by atoms with van der Waals surface area (Å²) < 4.78 is 52.4. The first-order chi connectivity index (χ1) is 18.1. The SMILES string of the molecule is CC(N)=NC(=Nc1cc(Cl)cnc1C#N)C1OC2COC2C(N=C/C(=C\N)c2cc(F)c(F)c(F)c2)C1O. The molecule has 1 aromatic carbocycles. The summed E-state index contributed by atoms with van der Waals surface area (Å²) in [6, 6.07) is 3.88. The van der Waals surface area contributed by atoms with Crippen molar-refractivity contribution in [3.63, 3.8) is 0 Å². The average molecular weight is 548 g/mol. The van der Waals surface area contributed by atoms with Gasteiger partial charge in [-0.15, -0.1) is 0 Å². The Balaban J connectivity index is 1.69. The number of nitrogens with zero attached hydrogens (tertiary/aromatic N) is 5. The number of hydrogen-bond donors (Lipinski definition) is 3. The van der Waals surface area contributed by atoms with Gasteiger partial charge in [0.05, 0.1) is 17.5 Å². The van der Waals surface area contributed by atoms with Gasteiger partial charge in [-0.2, -0.15) is 5.26 Å². The van der Waals surface area contributed by atoms with E-state index in [1.54, 1.807) is 0 Å². The van der Waals surface area contributed by atoms with Gasteiger partial charge in [0.2, 0.25) is 0 Å². The van der Waals surface area contributed by atoms with Crippen LogP contribution >= 0.6 is 11.6 Å². The number of aliphatic imine (C=N–C) groups is 3. The summed E-state index contributed by atoms with van der Waals surface area (Å²) >= 11 is 6.01. The molecule has 14 heteroatoms. The van der Waals surface area contributed by atoms with Crippen molar-refractivity contribution >= 4 is 40.7 Å². The summed E-state index contributed by atoms with van der Waals surface area (Å²) in [5.41, 5.74) is 11.4. The maximum Gasteiger partial charge on any atom is 0.194 e. The summed E-state index contributed by atoms with van der Waals surface area (Å²) in [6.07, 6.45) is -0.241. The highest BCUT2D eigenvalue weighted by molar-refractivity contribution is 6.30. The van der Waals surface area contributed by atoms with Crippen LogP contribution in [0.5, 0.6) is 0 Å². The van der Waals surface area contributed by atoms with Crippen molar-refractivity contribution in [2.75, 3.05) is 6.61 Å². The number of rotatable bonds is 5. The van der Waals surface area contributed by atoms with Gasteiger partial charge in [-0.3, -0.25) is 4.99 Å². The van der Waals surface area contributed by atoms with E-state index in [1.165, 1.54) is 25.4 Å². The lowest BCUT2D eigenvalue weighted by atomic mass is 9.89. The molecule has 10 nitrogen and oxygen atoms in total. The second-order valence-electron chi connectivity index (χ2n) is 8.38. The zero-order valence-corrected chi connectivity index (χ0v) is 20.5. The number of nitrogens with two attached hydrogens (primary N) is 2. The normalized spacial score (nSPS) is 26.1. The van der Waals surface area contributed by atoms with Crippen LogP contribution in [0.2, 0.25) is 5.02 Å². The molecule has 5 unspecified atom stereocenters. The van der Waals surface area contributed by atoms with Crippen LogP contribution in [0.4, 0.5) is 18.9 Å². The fourth-order valence-electron chi connectivity index (χ4n) is 3.91. The third kappa shape index (κ3) is 5.53. The average Bonchev–Trinajstić information content (AvgIpc) is 2.85. The number of halogens is 4. The van der Waals surface area contributed by atoms with Crippen molar-refractivity contribution in [2.45, 2.75) is 37.4 Å². The lowest BCUT2D eigenvalue weighted by Gasteiger charge is -2.48. The second-order valence-corrected chi connectivity index (χ2v) is 8.82. The number of ether oxygens (including phenoxy) is 2. The molecule has 1 aromatic heterocycles. The number of aromatic nitrogens is 1. The molecule has 3 heterocycles. The first-order valence-corrected chi connectivity index (χ1v) is 11.5. The van der Waals surface area contributed by atoms with Crippen LogP contribution in [0, 0.1) is 28.8 Å². The van der Waals surface area contributed by atoms with Crippen LogP contribution in [-0.2, 0) is 9.47 Å². The standard InChI is InChI=1S/C24H21ClF3N7O3/c1-10(31)34-24(35-16-4-13(25)8-32-17(16)6-30)23-21(36)20(22-18(38-23)9-37-22)33-7-12(5-29)11-2-14(26)19(28)15(27)3-11/h2-5,7-8,18,20-23,36H,9,29H2,1H3,(H2,31,34,35)/b12-5+,33-7?. The highest BCUT2D eigenvalue weighted by atomic mass is 35.5. The minimum atomic E-state index is -1.62. The number of pyridine rings is 1. The van der Waals surface area contributed by atoms with Crippen molar-refractivity contribution in [2.24, 2.45) is 26.4 Å². The van der Waals surface area contributed by atoms with Gasteiger partial charge < -0.3 is 26.0 Å². The third-order valence-corrected chi connectivity index (χ3v) is 5.95. The second kappa shape index (κ2) is 11.3. The van der Waals surface area contributed by atoms with Crippen molar-refractivity contribution in [3.8, 4) is 6.07 Å². The fraction of sp³-hybridized carbons (Fsp3) is 0.292. The molecule has 2 saturated heterocycles. The number of fused-ring (bicyclic) bond motifs is 1. The topological polar surface area (TPSA) is 164 Å². The number of benzene rings is 1. The van der Waals surface area contributed by atoms with Crippen LogP contribution < -0.4 is 11.5 Å². The Labute approximate surface area is 219 Å². The largest absolute Gasteiger partial charge is 0.404 e. The predicted octanol–water partition coefficient (Wildman–Crippen LogP) is 2.40. The molecule has 2 aliphatic heterocycles. The molecule has 0 saturated carbocycles. The van der Waals surface area contributed by atoms with E-state index in [0.29, 0.717) is 0 Å². The fourth-order valence-corrected chi connectivity index (χ4v) is 4.06. The molecule has 5 atom stereocenters. The number of aliphatic hydroxyl groups is 1. The van der Waals surface area contributed by atoms with Crippen molar-refractivity contribution in [3.05, 3.63) is 64.3 Å². The van der Waals surface area contributed by atoms with Crippen molar-refractivity contribution in [1.82, 2.24) is 4.98 Å². The smallest absolute Gasteiger partial charge is 0.194 e. The first-order valence-electron chi connectivity index (χ1n) is 11.1. The molecule has 0 amide bonds. The molecular weight excluding hydrogens is 527 g/mol. The molecule has 2 aliphatic rings. The Kier molecular flexibility index (Phi) is 8.08.